The summed E-state index contributed by atoms with van der Waals surface area (Å²) in [7, 11) is -4.03. The third kappa shape index (κ3) is 10.0. The first-order valence-corrected chi connectivity index (χ1v) is 20.3. The Labute approximate surface area is 334 Å². The first kappa shape index (κ1) is 47.4. The lowest BCUT2D eigenvalue weighted by molar-refractivity contribution is -0.374. The van der Waals surface area contributed by atoms with Crippen molar-refractivity contribution in [3.63, 3.8) is 0 Å². The summed E-state index contributed by atoms with van der Waals surface area (Å²) in [5, 5.41) is 146. The Morgan fingerprint density at radius 3 is 1.25 bits per heavy atom. The lowest BCUT2D eigenvalue weighted by Crippen LogP contribution is -2.66. The van der Waals surface area contributed by atoms with Crippen LogP contribution in [0.15, 0.2) is 0 Å². The Morgan fingerprint density at radius 1 is 0.407 bits per heavy atom. The minimum Gasteiger partial charge on any atom is -0.394 e. The molecule has 14 N–H and O–H groups in total. The second kappa shape index (κ2) is 19.4. The maximum absolute atomic E-state index is 11.4. The van der Waals surface area contributed by atoms with Crippen LogP contribution in [0.25, 0.3) is 0 Å². The van der Waals surface area contributed by atoms with Gasteiger partial charge in [0.2, 0.25) is 0 Å². The number of aliphatic hydroxyl groups is 14. The average molecular weight is 889 g/mol. The SMILES string of the molecule is CS(=O)(=O)OC[C@H]1O[C@H](O[C@H]2[C@H](O)[C@@H](O)[C@@H](O[C@H]3[C@@H]4O[C@@H]4[C@@H](O[C@H]4[C@H](O)[C@@H](O)[C@@H](O[C@H]5[C@H](O)[C@@H](O)[C@@H](O)O[C@@H]5CO)O[C@@H]4CO)O[C@@H]3CO)O[C@@H]2CO)[C@H](O)[C@@H](O)[C@@H]1O. The van der Waals surface area contributed by atoms with Gasteiger partial charge in [0.25, 0.3) is 10.1 Å². The van der Waals surface area contributed by atoms with Crippen molar-refractivity contribution in [2.24, 2.45) is 0 Å². The molecule has 59 heavy (non-hydrogen) atoms. The van der Waals surface area contributed by atoms with E-state index >= 15 is 0 Å². The van der Waals surface area contributed by atoms with Gasteiger partial charge < -0.3 is 119 Å². The van der Waals surface area contributed by atoms with E-state index in [0.29, 0.717) is 0 Å². The molecule has 0 radical (unpaired) electrons. The van der Waals surface area contributed by atoms with Crippen LogP contribution in [0.4, 0.5) is 0 Å². The number of hydrogen-bond acceptors (Lipinski definition) is 27. The zero-order chi connectivity index (χ0) is 43.2. The third-order valence-corrected chi connectivity index (χ3v) is 11.3. The van der Waals surface area contributed by atoms with Gasteiger partial charge in [-0.05, 0) is 0 Å². The lowest BCUT2D eigenvalue weighted by atomic mass is 9.96. The fourth-order valence-electron chi connectivity index (χ4n) is 7.46. The molecule has 6 aliphatic rings. The molecular formula is C31H52O27S. The van der Waals surface area contributed by atoms with E-state index in [-0.39, 0.29) is 0 Å². The van der Waals surface area contributed by atoms with E-state index in [2.05, 4.69) is 4.18 Å². The summed E-state index contributed by atoms with van der Waals surface area (Å²) in [6.07, 6.45) is -40.7. The van der Waals surface area contributed by atoms with Crippen LogP contribution in [-0.2, 0) is 61.7 Å². The van der Waals surface area contributed by atoms with Crippen LogP contribution in [0, 0.1) is 0 Å². The average Bonchev–Trinajstić information content (AvgIpc) is 4.01. The molecule has 0 bridgehead atoms. The van der Waals surface area contributed by atoms with Crippen LogP contribution in [0.5, 0.6) is 0 Å². The highest BCUT2D eigenvalue weighted by atomic mass is 32.2. The maximum Gasteiger partial charge on any atom is 0.264 e. The normalized spacial score (nSPS) is 51.9. The van der Waals surface area contributed by atoms with E-state index in [1.165, 1.54) is 0 Å². The predicted molar refractivity (Wildman–Crippen MR) is 177 cm³/mol. The van der Waals surface area contributed by atoms with Crippen LogP contribution in [0.2, 0.25) is 0 Å². The molecule has 0 saturated carbocycles. The van der Waals surface area contributed by atoms with Crippen LogP contribution in [-0.4, -0.2) is 273 Å². The molecular weight excluding hydrogens is 836 g/mol. The van der Waals surface area contributed by atoms with Crippen molar-refractivity contribution in [2.45, 2.75) is 154 Å². The summed E-state index contributed by atoms with van der Waals surface area (Å²) < 4.78 is 83.6. The summed E-state index contributed by atoms with van der Waals surface area (Å²) in [5.74, 6) is 0. The van der Waals surface area contributed by atoms with Crippen molar-refractivity contribution < 1.29 is 131 Å². The van der Waals surface area contributed by atoms with Crippen LogP contribution in [0.3, 0.4) is 0 Å². The van der Waals surface area contributed by atoms with Crippen molar-refractivity contribution in [1.82, 2.24) is 0 Å². The van der Waals surface area contributed by atoms with Crippen LogP contribution in [0.1, 0.15) is 0 Å². The zero-order valence-corrected chi connectivity index (χ0v) is 31.8. The van der Waals surface area contributed by atoms with Gasteiger partial charge in [-0.2, -0.15) is 8.42 Å². The van der Waals surface area contributed by atoms with Gasteiger partial charge in [0.1, 0.15) is 122 Å². The number of fused-ring (bicyclic) bond motifs is 1. The van der Waals surface area contributed by atoms with Gasteiger partial charge in [-0.15, -0.1) is 0 Å². The van der Waals surface area contributed by atoms with Gasteiger partial charge in [0.05, 0.1) is 39.3 Å². The quantitative estimate of drug-likeness (QED) is 0.0536. The van der Waals surface area contributed by atoms with E-state index in [9.17, 15) is 79.9 Å². The van der Waals surface area contributed by atoms with Gasteiger partial charge in [0.15, 0.2) is 31.5 Å². The van der Waals surface area contributed by atoms with Gasteiger partial charge in [-0.1, -0.05) is 0 Å². The molecule has 6 rings (SSSR count). The van der Waals surface area contributed by atoms with Gasteiger partial charge in [-0.3, -0.25) is 4.18 Å². The molecule has 6 aliphatic heterocycles. The maximum atomic E-state index is 11.4. The van der Waals surface area contributed by atoms with Crippen molar-refractivity contribution in [3.05, 3.63) is 0 Å². The standard InChI is InChI=1S/C31H52O27S/c1-59(46,47)48-6-11-12(36)13(37)18(42)28(53-11)56-22-8(3-33)51-30(20(44)15(22)39)58-24-10(5-35)52-31(26-25(24)54-26)57-23-9(4-34)50-29(19(43)16(23)40)55-21-7(2-32)49-27(45)17(41)14(21)38/h7-45H,2-6H2,1H3/t7-,8-,9-,10-,11-,12-,13+,14-,15-,16-,17-,18-,19-,20-,21-,22-,23-,24-,25+,26+,27+,28-,29-,30-,31-/m1/s1. The number of aliphatic hydroxyl groups excluding tert-OH is 14. The molecule has 0 aromatic heterocycles. The number of epoxide rings is 1. The van der Waals surface area contributed by atoms with E-state index in [0.717, 1.165) is 6.26 Å². The van der Waals surface area contributed by atoms with Crippen molar-refractivity contribution in [3.8, 4) is 0 Å². The highest BCUT2D eigenvalue weighted by Crippen LogP contribution is 2.43. The first-order chi connectivity index (χ1) is 27.8. The molecule has 0 aromatic carbocycles. The molecule has 6 saturated heterocycles. The number of rotatable bonds is 15. The van der Waals surface area contributed by atoms with E-state index < -0.39 is 197 Å². The predicted octanol–water partition coefficient (Wildman–Crippen LogP) is -10.9. The molecule has 6 fully saturated rings. The number of ether oxygens (including phenoxy) is 10. The zero-order valence-electron chi connectivity index (χ0n) is 30.9. The highest BCUT2D eigenvalue weighted by Gasteiger charge is 2.62. The van der Waals surface area contributed by atoms with E-state index in [1.807, 2.05) is 0 Å². The lowest BCUT2D eigenvalue weighted by Gasteiger charge is -2.47. The third-order valence-electron chi connectivity index (χ3n) is 10.8. The van der Waals surface area contributed by atoms with Gasteiger partial charge >= 0.3 is 0 Å². The van der Waals surface area contributed by atoms with Crippen molar-refractivity contribution >= 4 is 10.1 Å². The molecule has 28 heteroatoms. The number of hydrogen-bond donors (Lipinski definition) is 14. The molecule has 0 amide bonds. The van der Waals surface area contributed by atoms with Crippen LogP contribution < -0.4 is 0 Å². The van der Waals surface area contributed by atoms with Gasteiger partial charge in [0, 0.05) is 0 Å². The molecule has 25 atom stereocenters. The van der Waals surface area contributed by atoms with Crippen molar-refractivity contribution in [2.75, 3.05) is 39.3 Å². The van der Waals surface area contributed by atoms with Gasteiger partial charge in [-0.25, -0.2) is 0 Å². The Bertz CT molecular complexity index is 1460. The summed E-state index contributed by atoms with van der Waals surface area (Å²) >= 11 is 0. The van der Waals surface area contributed by atoms with E-state index in [1.54, 1.807) is 0 Å². The molecule has 0 aliphatic carbocycles. The largest absolute Gasteiger partial charge is 0.394 e. The molecule has 6 heterocycles. The summed E-state index contributed by atoms with van der Waals surface area (Å²) in [4.78, 5) is 0. The second-order valence-electron chi connectivity index (χ2n) is 14.8. The Balaban J connectivity index is 1.06. The summed E-state index contributed by atoms with van der Waals surface area (Å²) in [6.45, 7) is -4.13. The first-order valence-electron chi connectivity index (χ1n) is 18.5. The summed E-state index contributed by atoms with van der Waals surface area (Å²) in [5.41, 5.74) is 0. The topological polar surface area (TPSA) is 422 Å². The molecule has 344 valence electrons. The fourth-order valence-corrected chi connectivity index (χ4v) is 7.84. The molecule has 0 unspecified atom stereocenters. The molecule has 0 aromatic rings. The fraction of sp³-hybridized carbons (Fsp3) is 1.00. The Kier molecular flexibility index (Phi) is 15.6. The molecule has 27 nitrogen and oxygen atoms in total. The molecule has 0 spiro atoms. The minimum absolute atomic E-state index is 0.720. The van der Waals surface area contributed by atoms with E-state index in [4.69, 9.17) is 47.4 Å². The summed E-state index contributed by atoms with van der Waals surface area (Å²) in [6, 6.07) is 0. The van der Waals surface area contributed by atoms with Crippen LogP contribution >= 0.6 is 0 Å². The second-order valence-corrected chi connectivity index (χ2v) is 16.5. The Morgan fingerprint density at radius 2 is 0.780 bits per heavy atom. The highest BCUT2D eigenvalue weighted by molar-refractivity contribution is 7.85. The Hall–Kier alpha value is -1.05. The van der Waals surface area contributed by atoms with Crippen molar-refractivity contribution in [1.29, 1.82) is 0 Å². The smallest absolute Gasteiger partial charge is 0.264 e. The monoisotopic (exact) mass is 888 g/mol. The minimum atomic E-state index is -4.03.